The number of sulfonamides is 1. The number of hydrogen-bond acceptors (Lipinski definition) is 6. The van der Waals surface area contributed by atoms with Crippen LogP contribution in [0.3, 0.4) is 0 Å². The second-order valence-electron chi connectivity index (χ2n) is 6.43. The largest absolute Gasteiger partial charge is 0.490 e. The standard InChI is InChI=1S/C19H19NO6S/c1-24-19(21)17-15(20-27(22,23)12-5-3-2-4-6-12)8-7-14-13-9-10-25-16(13)11-26-18(14)17/h2-8,13,16,20H,9-11H2,1H3. The topological polar surface area (TPSA) is 90.9 Å². The van der Waals surface area contributed by atoms with Crippen molar-refractivity contribution in [2.45, 2.75) is 23.3 Å². The predicted octanol–water partition coefficient (Wildman–Crippen LogP) is 2.54. The molecule has 2 heterocycles. The van der Waals surface area contributed by atoms with Crippen LogP contribution >= 0.6 is 0 Å². The van der Waals surface area contributed by atoms with E-state index in [9.17, 15) is 13.2 Å². The third-order valence-corrected chi connectivity index (χ3v) is 6.26. The number of rotatable bonds is 4. The lowest BCUT2D eigenvalue weighted by Crippen LogP contribution is -2.29. The zero-order valence-electron chi connectivity index (χ0n) is 14.7. The van der Waals surface area contributed by atoms with Gasteiger partial charge >= 0.3 is 5.97 Å². The van der Waals surface area contributed by atoms with Gasteiger partial charge in [0.2, 0.25) is 0 Å². The Hall–Kier alpha value is -2.58. The Labute approximate surface area is 157 Å². The molecule has 1 N–H and O–H groups in total. The second-order valence-corrected chi connectivity index (χ2v) is 8.11. The molecule has 1 saturated heterocycles. The van der Waals surface area contributed by atoms with E-state index >= 15 is 0 Å². The molecule has 0 aromatic heterocycles. The molecule has 2 aliphatic heterocycles. The summed E-state index contributed by atoms with van der Waals surface area (Å²) in [6, 6.07) is 11.3. The van der Waals surface area contributed by atoms with E-state index in [-0.39, 0.29) is 28.2 Å². The minimum atomic E-state index is -3.86. The monoisotopic (exact) mass is 389 g/mol. The Morgan fingerprint density at radius 3 is 2.70 bits per heavy atom. The number of fused-ring (bicyclic) bond motifs is 3. The normalized spacial score (nSPS) is 20.9. The zero-order valence-corrected chi connectivity index (χ0v) is 15.5. The van der Waals surface area contributed by atoms with Crippen LogP contribution in [-0.2, 0) is 19.5 Å². The van der Waals surface area contributed by atoms with Gasteiger partial charge in [-0.3, -0.25) is 4.72 Å². The first-order valence-corrected chi connectivity index (χ1v) is 10.1. The van der Waals surface area contributed by atoms with Gasteiger partial charge < -0.3 is 14.2 Å². The van der Waals surface area contributed by atoms with Crippen molar-refractivity contribution in [2.24, 2.45) is 0 Å². The van der Waals surface area contributed by atoms with E-state index < -0.39 is 16.0 Å². The number of anilines is 1. The van der Waals surface area contributed by atoms with Crippen molar-refractivity contribution in [3.63, 3.8) is 0 Å². The Balaban J connectivity index is 1.79. The number of esters is 1. The molecule has 7 nitrogen and oxygen atoms in total. The summed E-state index contributed by atoms with van der Waals surface area (Å²) in [6.07, 6.45) is 0.784. The SMILES string of the molecule is COC(=O)c1c(NS(=O)(=O)c2ccccc2)ccc2c1OCC1OCCC21. The van der Waals surface area contributed by atoms with E-state index in [2.05, 4.69) is 4.72 Å². The lowest BCUT2D eigenvalue weighted by atomic mass is 9.88. The van der Waals surface area contributed by atoms with E-state index in [0.717, 1.165) is 12.0 Å². The van der Waals surface area contributed by atoms with E-state index in [1.54, 1.807) is 30.3 Å². The van der Waals surface area contributed by atoms with Crippen LogP contribution in [0.4, 0.5) is 5.69 Å². The molecule has 0 aliphatic carbocycles. The molecule has 27 heavy (non-hydrogen) atoms. The van der Waals surface area contributed by atoms with Crippen LogP contribution in [-0.4, -0.2) is 40.8 Å². The first-order chi connectivity index (χ1) is 13.0. The summed E-state index contributed by atoms with van der Waals surface area (Å²) >= 11 is 0. The fourth-order valence-corrected chi connectivity index (χ4v) is 4.67. The number of ether oxygens (including phenoxy) is 3. The van der Waals surface area contributed by atoms with Crippen molar-refractivity contribution in [1.29, 1.82) is 0 Å². The molecular formula is C19H19NO6S. The van der Waals surface area contributed by atoms with E-state index in [1.807, 2.05) is 0 Å². The number of carbonyl (C=O) groups excluding carboxylic acids is 1. The van der Waals surface area contributed by atoms with Gasteiger partial charge in [-0.25, -0.2) is 13.2 Å². The maximum absolute atomic E-state index is 12.7. The summed E-state index contributed by atoms with van der Waals surface area (Å²) < 4.78 is 44.2. The van der Waals surface area contributed by atoms with E-state index in [0.29, 0.717) is 19.0 Å². The van der Waals surface area contributed by atoms with Crippen molar-refractivity contribution in [1.82, 2.24) is 0 Å². The van der Waals surface area contributed by atoms with Crippen LogP contribution in [0.5, 0.6) is 5.75 Å². The molecular weight excluding hydrogens is 370 g/mol. The molecule has 2 atom stereocenters. The molecule has 142 valence electrons. The lowest BCUT2D eigenvalue weighted by molar-refractivity contribution is 0.0469. The highest BCUT2D eigenvalue weighted by atomic mass is 32.2. The van der Waals surface area contributed by atoms with Crippen LogP contribution < -0.4 is 9.46 Å². The maximum Gasteiger partial charge on any atom is 0.343 e. The highest BCUT2D eigenvalue weighted by Crippen LogP contribution is 2.44. The highest BCUT2D eigenvalue weighted by Gasteiger charge is 2.39. The van der Waals surface area contributed by atoms with Crippen LogP contribution in [0.2, 0.25) is 0 Å². The van der Waals surface area contributed by atoms with Crippen LogP contribution in [0.25, 0.3) is 0 Å². The van der Waals surface area contributed by atoms with Crippen molar-refractivity contribution < 1.29 is 27.4 Å². The fraction of sp³-hybridized carbons (Fsp3) is 0.316. The molecule has 2 aromatic rings. The van der Waals surface area contributed by atoms with Gasteiger partial charge in [0.1, 0.15) is 17.9 Å². The molecule has 2 unspecified atom stereocenters. The molecule has 0 saturated carbocycles. The van der Waals surface area contributed by atoms with E-state index in [4.69, 9.17) is 14.2 Å². The average Bonchev–Trinajstić information content (AvgIpc) is 3.16. The van der Waals surface area contributed by atoms with Crippen molar-refractivity contribution in [2.75, 3.05) is 25.0 Å². The van der Waals surface area contributed by atoms with Gasteiger partial charge in [0.05, 0.1) is 23.8 Å². The quantitative estimate of drug-likeness (QED) is 0.808. The molecule has 0 bridgehead atoms. The Morgan fingerprint density at radius 1 is 1.19 bits per heavy atom. The minimum absolute atomic E-state index is 0.0464. The Bertz CT molecular complexity index is 973. The average molecular weight is 389 g/mol. The summed E-state index contributed by atoms with van der Waals surface area (Å²) in [5, 5.41) is 0. The number of carbonyl (C=O) groups is 1. The highest BCUT2D eigenvalue weighted by molar-refractivity contribution is 7.92. The zero-order chi connectivity index (χ0) is 19.0. The molecule has 2 aliphatic rings. The van der Waals surface area contributed by atoms with Gasteiger partial charge in [-0.05, 0) is 24.6 Å². The van der Waals surface area contributed by atoms with Crippen molar-refractivity contribution >= 4 is 21.7 Å². The lowest BCUT2D eigenvalue weighted by Gasteiger charge is -2.29. The van der Waals surface area contributed by atoms with Crippen molar-refractivity contribution in [3.05, 3.63) is 53.6 Å². The molecule has 0 radical (unpaired) electrons. The summed E-state index contributed by atoms with van der Waals surface area (Å²) in [6.45, 7) is 0.949. The summed E-state index contributed by atoms with van der Waals surface area (Å²) in [5.41, 5.74) is 1.05. The minimum Gasteiger partial charge on any atom is -0.490 e. The third-order valence-electron chi connectivity index (χ3n) is 4.88. The van der Waals surface area contributed by atoms with Gasteiger partial charge in [-0.1, -0.05) is 24.3 Å². The smallest absolute Gasteiger partial charge is 0.343 e. The number of hydrogen-bond donors (Lipinski definition) is 1. The number of methoxy groups -OCH3 is 1. The van der Waals surface area contributed by atoms with Gasteiger partial charge in [0, 0.05) is 18.1 Å². The van der Waals surface area contributed by atoms with Gasteiger partial charge in [-0.2, -0.15) is 0 Å². The Kier molecular flexibility index (Phi) is 4.53. The number of nitrogens with one attached hydrogen (secondary N) is 1. The molecule has 1 fully saturated rings. The van der Waals surface area contributed by atoms with Crippen LogP contribution in [0.1, 0.15) is 28.3 Å². The summed E-state index contributed by atoms with van der Waals surface area (Å²) in [4.78, 5) is 12.6. The van der Waals surface area contributed by atoms with Crippen LogP contribution in [0, 0.1) is 0 Å². The Morgan fingerprint density at radius 2 is 1.96 bits per heavy atom. The summed E-state index contributed by atoms with van der Waals surface area (Å²) in [7, 11) is -2.61. The molecule has 4 rings (SSSR count). The van der Waals surface area contributed by atoms with E-state index in [1.165, 1.54) is 19.2 Å². The van der Waals surface area contributed by atoms with Gasteiger partial charge in [0.25, 0.3) is 10.0 Å². The maximum atomic E-state index is 12.7. The molecule has 0 spiro atoms. The van der Waals surface area contributed by atoms with Crippen molar-refractivity contribution in [3.8, 4) is 5.75 Å². The van der Waals surface area contributed by atoms with Gasteiger partial charge in [-0.15, -0.1) is 0 Å². The molecule has 8 heteroatoms. The fourth-order valence-electron chi connectivity index (χ4n) is 3.57. The van der Waals surface area contributed by atoms with Crippen LogP contribution in [0.15, 0.2) is 47.4 Å². The predicted molar refractivity (Wildman–Crippen MR) is 97.6 cm³/mol. The number of benzene rings is 2. The molecule has 2 aromatic carbocycles. The second kappa shape index (κ2) is 6.86. The third kappa shape index (κ3) is 3.15. The summed E-state index contributed by atoms with van der Waals surface area (Å²) in [5.74, 6) is -0.172. The first-order valence-electron chi connectivity index (χ1n) is 8.59. The first kappa shape index (κ1) is 17.8. The van der Waals surface area contributed by atoms with Gasteiger partial charge in [0.15, 0.2) is 0 Å². The molecule has 0 amide bonds.